The summed E-state index contributed by atoms with van der Waals surface area (Å²) in [6.07, 6.45) is -0.936. The van der Waals surface area contributed by atoms with Crippen LogP contribution in [0, 0.1) is 0 Å². The maximum atomic E-state index is 13.0. The van der Waals surface area contributed by atoms with E-state index in [0.717, 1.165) is 6.42 Å². The van der Waals surface area contributed by atoms with Gasteiger partial charge in [0.15, 0.2) is 11.5 Å². The lowest BCUT2D eigenvalue weighted by Crippen LogP contribution is -2.40. The molecule has 1 fully saturated rings. The van der Waals surface area contributed by atoms with Crippen molar-refractivity contribution in [2.45, 2.75) is 63.6 Å². The first kappa shape index (κ1) is 20.9. The molecule has 4 N–H and O–H groups in total. The van der Waals surface area contributed by atoms with Gasteiger partial charge in [-0.1, -0.05) is 19.3 Å². The number of hydrogen-bond donors (Lipinski definition) is 4. The van der Waals surface area contributed by atoms with Gasteiger partial charge in [-0.25, -0.2) is 0 Å². The van der Waals surface area contributed by atoms with Crippen molar-refractivity contribution in [2.24, 2.45) is 0 Å². The highest BCUT2D eigenvalue weighted by atomic mass is 31.2. The van der Waals surface area contributed by atoms with Gasteiger partial charge in [0, 0.05) is 17.9 Å². The number of alkyl halides is 2. The predicted molar refractivity (Wildman–Crippen MR) is 91.5 cm³/mol. The highest BCUT2D eigenvalue weighted by Gasteiger charge is 2.48. The third kappa shape index (κ3) is 5.07. The molecule has 0 amide bonds. The van der Waals surface area contributed by atoms with Crippen LogP contribution in [0.3, 0.4) is 0 Å². The number of anilines is 1. The Hall–Kier alpha value is -1.41. The third-order valence-electron chi connectivity index (χ3n) is 4.02. The molecule has 0 spiro atoms. The summed E-state index contributed by atoms with van der Waals surface area (Å²) >= 11 is 0. The molecule has 1 heterocycles. The Balaban J connectivity index is 0.000000552. The lowest BCUT2D eigenvalue weighted by atomic mass is 9.94. The van der Waals surface area contributed by atoms with E-state index in [9.17, 15) is 23.1 Å². The van der Waals surface area contributed by atoms with Crippen molar-refractivity contribution in [1.29, 1.82) is 0 Å². The van der Waals surface area contributed by atoms with E-state index in [-0.39, 0.29) is 17.6 Å². The van der Waals surface area contributed by atoms with Gasteiger partial charge in [-0.05, 0) is 38.8 Å². The summed E-state index contributed by atoms with van der Waals surface area (Å²) < 4.78 is 46.6. The van der Waals surface area contributed by atoms with Crippen molar-refractivity contribution < 1.29 is 37.7 Å². The minimum atomic E-state index is -4.41. The molecule has 0 aromatic heterocycles. The highest BCUT2D eigenvalue weighted by Crippen LogP contribution is 2.57. The van der Waals surface area contributed by atoms with Crippen molar-refractivity contribution >= 4 is 13.3 Å². The zero-order valence-electron chi connectivity index (χ0n) is 14.6. The van der Waals surface area contributed by atoms with Crippen molar-refractivity contribution in [1.82, 2.24) is 0 Å². The third-order valence-corrected chi connectivity index (χ3v) is 5.69. The van der Waals surface area contributed by atoms with Gasteiger partial charge in [-0.15, -0.1) is 8.78 Å². The molecular formula is C16H24F2NO6P. The van der Waals surface area contributed by atoms with Crippen LogP contribution in [-0.2, 0) is 4.57 Å². The summed E-state index contributed by atoms with van der Waals surface area (Å²) in [7, 11) is -4.41. The van der Waals surface area contributed by atoms with Gasteiger partial charge >= 0.3 is 13.9 Å². The second kappa shape index (κ2) is 7.68. The van der Waals surface area contributed by atoms with Crippen molar-refractivity contribution in [3.05, 3.63) is 18.2 Å². The number of fused-ring (bicyclic) bond motifs is 1. The van der Waals surface area contributed by atoms with E-state index in [0.29, 0.717) is 31.4 Å². The van der Waals surface area contributed by atoms with Gasteiger partial charge in [0.05, 0.1) is 0 Å². The number of aliphatic hydroxyl groups excluding tert-OH is 1. The molecular weight excluding hydrogens is 371 g/mol. The van der Waals surface area contributed by atoms with Gasteiger partial charge in [0.2, 0.25) is 0 Å². The lowest BCUT2D eigenvalue weighted by Gasteiger charge is -2.39. The molecule has 10 heteroatoms. The number of hydrogen-bond acceptors (Lipinski definition) is 5. The van der Waals surface area contributed by atoms with E-state index >= 15 is 0 Å². The highest BCUT2D eigenvalue weighted by molar-refractivity contribution is 7.53. The Morgan fingerprint density at radius 1 is 1.12 bits per heavy atom. The van der Waals surface area contributed by atoms with Crippen LogP contribution in [0.4, 0.5) is 14.5 Å². The van der Waals surface area contributed by atoms with Gasteiger partial charge < -0.3 is 29.7 Å². The number of ether oxygens (including phenoxy) is 2. The second-order valence-electron chi connectivity index (χ2n) is 6.68. The summed E-state index contributed by atoms with van der Waals surface area (Å²) in [6, 6.07) is 3.99. The quantitative estimate of drug-likeness (QED) is 0.579. The first-order valence-corrected chi connectivity index (χ1v) is 9.97. The molecule has 3 rings (SSSR count). The first-order chi connectivity index (χ1) is 11.9. The standard InChI is InChI=1S/C13H16F2NO5P.C3H8O/c14-13(15)20-10-5-4-9(8-11(10)21-13)16-12(22(17,18)19)6-2-1-3-7-12;1-3(2)4/h4-5,8,16H,1-3,6-7H2,(H2,17,18,19);3-4H,1-2H3. The topological polar surface area (TPSA) is 108 Å². The molecule has 1 saturated carbocycles. The zero-order chi connectivity index (χ0) is 19.6. The Morgan fingerprint density at radius 3 is 2.19 bits per heavy atom. The van der Waals surface area contributed by atoms with Gasteiger partial charge in [0.25, 0.3) is 0 Å². The monoisotopic (exact) mass is 395 g/mol. The van der Waals surface area contributed by atoms with Crippen LogP contribution in [0.15, 0.2) is 18.2 Å². The van der Waals surface area contributed by atoms with Crippen LogP contribution in [0.2, 0.25) is 0 Å². The molecule has 0 unspecified atom stereocenters. The maximum Gasteiger partial charge on any atom is 0.586 e. The van der Waals surface area contributed by atoms with Crippen molar-refractivity contribution in [2.75, 3.05) is 5.32 Å². The number of nitrogens with one attached hydrogen (secondary N) is 1. The SMILES string of the molecule is CC(C)O.O=P(O)(O)C1(Nc2ccc3c(c2)OC(F)(F)O3)CCCCC1. The van der Waals surface area contributed by atoms with Crippen molar-refractivity contribution in [3.63, 3.8) is 0 Å². The number of benzene rings is 1. The minimum Gasteiger partial charge on any atom is -0.395 e. The number of rotatable bonds is 3. The van der Waals surface area contributed by atoms with Crippen LogP contribution in [0.25, 0.3) is 0 Å². The normalized spacial score (nSPS) is 20.3. The molecule has 1 aromatic carbocycles. The fraction of sp³-hybridized carbons (Fsp3) is 0.625. The van der Waals surface area contributed by atoms with Gasteiger partial charge in [-0.2, -0.15) is 0 Å². The van der Waals surface area contributed by atoms with Crippen LogP contribution >= 0.6 is 7.60 Å². The fourth-order valence-corrected chi connectivity index (χ4v) is 4.09. The summed E-state index contributed by atoms with van der Waals surface area (Å²) in [5, 5.41) is 9.54. The van der Waals surface area contributed by atoms with Crippen LogP contribution in [0.5, 0.6) is 11.5 Å². The first-order valence-electron chi connectivity index (χ1n) is 8.36. The molecule has 2 aliphatic rings. The Labute approximate surface area is 150 Å². The zero-order valence-corrected chi connectivity index (χ0v) is 15.5. The summed E-state index contributed by atoms with van der Waals surface area (Å²) in [5.41, 5.74) is 0.310. The molecule has 1 aliphatic carbocycles. The summed E-state index contributed by atoms with van der Waals surface area (Å²) in [4.78, 5) is 19.4. The summed E-state index contributed by atoms with van der Waals surface area (Å²) in [5.74, 6) is -0.268. The average molecular weight is 395 g/mol. The second-order valence-corrected chi connectivity index (χ2v) is 8.63. The minimum absolute atomic E-state index is 0.107. The largest absolute Gasteiger partial charge is 0.586 e. The van der Waals surface area contributed by atoms with E-state index < -0.39 is 19.2 Å². The Bertz CT molecular complexity index is 670. The molecule has 1 aliphatic heterocycles. The fourth-order valence-electron chi connectivity index (χ4n) is 2.92. The van der Waals surface area contributed by atoms with Crippen molar-refractivity contribution in [3.8, 4) is 11.5 Å². The number of aliphatic hydroxyl groups is 1. The smallest absolute Gasteiger partial charge is 0.395 e. The van der Waals surface area contributed by atoms with Gasteiger partial charge in [-0.3, -0.25) is 4.57 Å². The van der Waals surface area contributed by atoms with E-state index in [2.05, 4.69) is 14.8 Å². The van der Waals surface area contributed by atoms with Crippen LogP contribution < -0.4 is 14.8 Å². The van der Waals surface area contributed by atoms with Crippen LogP contribution in [0.1, 0.15) is 46.0 Å². The molecule has 0 saturated heterocycles. The Morgan fingerprint density at radius 2 is 1.65 bits per heavy atom. The summed E-state index contributed by atoms with van der Waals surface area (Å²) in [6.45, 7) is 3.44. The molecule has 148 valence electrons. The molecule has 0 bridgehead atoms. The van der Waals surface area contributed by atoms with E-state index in [1.165, 1.54) is 18.2 Å². The van der Waals surface area contributed by atoms with E-state index in [1.807, 2.05) is 0 Å². The Kier molecular flexibility index (Phi) is 6.17. The maximum absolute atomic E-state index is 13.0. The average Bonchev–Trinajstić information content (AvgIpc) is 2.79. The molecule has 7 nitrogen and oxygen atoms in total. The molecule has 1 aromatic rings. The van der Waals surface area contributed by atoms with Gasteiger partial charge in [0.1, 0.15) is 5.28 Å². The van der Waals surface area contributed by atoms with E-state index in [1.54, 1.807) is 13.8 Å². The predicted octanol–water partition coefficient (Wildman–Crippen LogP) is 3.65. The van der Waals surface area contributed by atoms with Crippen LogP contribution in [-0.4, -0.2) is 32.6 Å². The van der Waals surface area contributed by atoms with E-state index in [4.69, 9.17) is 5.11 Å². The molecule has 0 atom stereocenters. The molecule has 0 radical (unpaired) electrons. The molecule has 26 heavy (non-hydrogen) atoms. The lowest BCUT2D eigenvalue weighted by molar-refractivity contribution is -0.286. The number of halogens is 2.